The second-order valence-corrected chi connectivity index (χ2v) is 6.95. The molecule has 0 aromatic heterocycles. The maximum absolute atomic E-state index is 12.7. The molecule has 0 fully saturated rings. The van der Waals surface area contributed by atoms with Gasteiger partial charge in [0.15, 0.2) is 0 Å². The van der Waals surface area contributed by atoms with Crippen LogP contribution in [0, 0.1) is 6.92 Å². The first kappa shape index (κ1) is 20.8. The summed E-state index contributed by atoms with van der Waals surface area (Å²) < 4.78 is 0. The number of rotatable bonds is 7. The molecule has 0 saturated carbocycles. The minimum absolute atomic E-state index is 0.0548. The number of primary amides is 1. The minimum Gasteiger partial charge on any atom is -0.366 e. The van der Waals surface area contributed by atoms with Crippen LogP contribution >= 0.6 is 0 Å². The Labute approximate surface area is 175 Å². The lowest BCUT2D eigenvalue weighted by Crippen LogP contribution is -2.31. The number of anilines is 1. The first-order valence-electron chi connectivity index (χ1n) is 9.55. The lowest BCUT2D eigenvalue weighted by atomic mass is 10.0. The van der Waals surface area contributed by atoms with Gasteiger partial charge in [-0.15, -0.1) is 0 Å². The normalized spacial score (nSPS) is 11.4. The highest BCUT2D eigenvalue weighted by Gasteiger charge is 2.19. The molecule has 30 heavy (non-hydrogen) atoms. The van der Waals surface area contributed by atoms with E-state index in [1.165, 1.54) is 0 Å². The van der Waals surface area contributed by atoms with E-state index in [0.29, 0.717) is 22.4 Å². The van der Waals surface area contributed by atoms with Crippen LogP contribution in [0.25, 0.3) is 0 Å². The zero-order chi connectivity index (χ0) is 21.5. The lowest BCUT2D eigenvalue weighted by Gasteiger charge is -2.19. The van der Waals surface area contributed by atoms with E-state index in [9.17, 15) is 14.4 Å². The molecule has 3 amide bonds. The molecule has 0 radical (unpaired) electrons. The Morgan fingerprint density at radius 2 is 1.53 bits per heavy atom. The van der Waals surface area contributed by atoms with E-state index in [0.717, 1.165) is 5.56 Å². The van der Waals surface area contributed by atoms with Crippen molar-refractivity contribution in [2.45, 2.75) is 19.4 Å². The standard InChI is InChI=1S/C24H23N3O3/c1-16-14-19(12-13-20(16)23(25)29)26-22(28)15-21(17-8-4-2-5-9-17)27-24(30)18-10-6-3-7-11-18/h2-14,21H,15H2,1H3,(H2,25,29)(H,26,28)(H,27,30). The lowest BCUT2D eigenvalue weighted by molar-refractivity contribution is -0.116. The molecule has 6 heteroatoms. The molecule has 3 aromatic rings. The van der Waals surface area contributed by atoms with Gasteiger partial charge in [0.2, 0.25) is 11.8 Å². The third kappa shape index (κ3) is 5.32. The van der Waals surface area contributed by atoms with Crippen LogP contribution < -0.4 is 16.4 Å². The van der Waals surface area contributed by atoms with Gasteiger partial charge in [0.1, 0.15) is 0 Å². The number of hydrogen-bond donors (Lipinski definition) is 3. The summed E-state index contributed by atoms with van der Waals surface area (Å²) in [5.74, 6) is -1.03. The van der Waals surface area contributed by atoms with Gasteiger partial charge in [0, 0.05) is 16.8 Å². The van der Waals surface area contributed by atoms with Gasteiger partial charge in [-0.2, -0.15) is 0 Å². The van der Waals surface area contributed by atoms with Crippen LogP contribution in [0.3, 0.4) is 0 Å². The van der Waals surface area contributed by atoms with Gasteiger partial charge in [-0.1, -0.05) is 48.5 Å². The largest absolute Gasteiger partial charge is 0.366 e. The topological polar surface area (TPSA) is 101 Å². The van der Waals surface area contributed by atoms with E-state index >= 15 is 0 Å². The number of nitrogens with two attached hydrogens (primary N) is 1. The van der Waals surface area contributed by atoms with E-state index in [2.05, 4.69) is 10.6 Å². The van der Waals surface area contributed by atoms with E-state index < -0.39 is 11.9 Å². The molecule has 152 valence electrons. The van der Waals surface area contributed by atoms with Crippen molar-refractivity contribution < 1.29 is 14.4 Å². The second-order valence-electron chi connectivity index (χ2n) is 6.95. The molecule has 4 N–H and O–H groups in total. The van der Waals surface area contributed by atoms with Crippen LogP contribution in [0.4, 0.5) is 5.69 Å². The summed E-state index contributed by atoms with van der Waals surface area (Å²) in [6.45, 7) is 1.75. The summed E-state index contributed by atoms with van der Waals surface area (Å²) in [6, 6.07) is 22.6. The fraction of sp³-hybridized carbons (Fsp3) is 0.125. The maximum atomic E-state index is 12.7. The average molecular weight is 401 g/mol. The van der Waals surface area contributed by atoms with Gasteiger partial charge in [-0.25, -0.2) is 0 Å². The quantitative estimate of drug-likeness (QED) is 0.564. The van der Waals surface area contributed by atoms with E-state index in [1.54, 1.807) is 49.4 Å². The molecule has 0 spiro atoms. The molecule has 6 nitrogen and oxygen atoms in total. The summed E-state index contributed by atoms with van der Waals surface area (Å²) in [7, 11) is 0. The summed E-state index contributed by atoms with van der Waals surface area (Å²) in [5, 5.41) is 5.76. The van der Waals surface area contributed by atoms with Gasteiger partial charge in [0.05, 0.1) is 12.5 Å². The van der Waals surface area contributed by atoms with Crippen LogP contribution in [0.1, 0.15) is 44.3 Å². The van der Waals surface area contributed by atoms with Crippen LogP contribution in [-0.4, -0.2) is 17.7 Å². The van der Waals surface area contributed by atoms with Crippen LogP contribution in [0.5, 0.6) is 0 Å². The highest BCUT2D eigenvalue weighted by atomic mass is 16.2. The first-order valence-corrected chi connectivity index (χ1v) is 9.55. The number of hydrogen-bond acceptors (Lipinski definition) is 3. The van der Waals surface area contributed by atoms with Crippen molar-refractivity contribution in [3.05, 3.63) is 101 Å². The molecule has 0 bridgehead atoms. The van der Waals surface area contributed by atoms with E-state index in [4.69, 9.17) is 5.73 Å². The Bertz CT molecular complexity index is 1050. The van der Waals surface area contributed by atoms with Crippen molar-refractivity contribution in [2.24, 2.45) is 5.73 Å². The van der Waals surface area contributed by atoms with Gasteiger partial charge in [0.25, 0.3) is 5.91 Å². The molecule has 0 aliphatic carbocycles. The van der Waals surface area contributed by atoms with Crippen molar-refractivity contribution in [3.8, 4) is 0 Å². The van der Waals surface area contributed by atoms with E-state index in [-0.39, 0.29) is 18.2 Å². The average Bonchev–Trinajstić information content (AvgIpc) is 2.74. The molecule has 1 atom stereocenters. The SMILES string of the molecule is Cc1cc(NC(=O)CC(NC(=O)c2ccccc2)c2ccccc2)ccc1C(N)=O. The van der Waals surface area contributed by atoms with Gasteiger partial charge in [-0.3, -0.25) is 14.4 Å². The molecule has 0 aliphatic heterocycles. The molecule has 0 aliphatic rings. The Kier molecular flexibility index (Phi) is 6.60. The van der Waals surface area contributed by atoms with Crippen LogP contribution in [0.15, 0.2) is 78.9 Å². The van der Waals surface area contributed by atoms with Crippen molar-refractivity contribution in [2.75, 3.05) is 5.32 Å². The first-order chi connectivity index (χ1) is 14.4. The summed E-state index contributed by atoms with van der Waals surface area (Å²) in [5.41, 5.74) is 8.32. The zero-order valence-electron chi connectivity index (χ0n) is 16.6. The number of benzene rings is 3. The number of aryl methyl sites for hydroxylation is 1. The Hall–Kier alpha value is -3.93. The predicted octanol–water partition coefficient (Wildman–Crippen LogP) is 3.59. The van der Waals surface area contributed by atoms with Crippen molar-refractivity contribution in [1.29, 1.82) is 0 Å². The Morgan fingerprint density at radius 3 is 2.13 bits per heavy atom. The fourth-order valence-corrected chi connectivity index (χ4v) is 3.18. The number of nitrogens with one attached hydrogen (secondary N) is 2. The van der Waals surface area contributed by atoms with Crippen molar-refractivity contribution >= 4 is 23.4 Å². The summed E-state index contributed by atoms with van der Waals surface area (Å²) in [4.78, 5) is 36.7. The Morgan fingerprint density at radius 1 is 0.900 bits per heavy atom. The number of amides is 3. The summed E-state index contributed by atoms with van der Waals surface area (Å²) in [6.07, 6.45) is 0.0548. The molecular formula is C24H23N3O3. The molecule has 3 aromatic carbocycles. The Balaban J connectivity index is 1.74. The third-order valence-corrected chi connectivity index (χ3v) is 4.71. The molecular weight excluding hydrogens is 378 g/mol. The fourth-order valence-electron chi connectivity index (χ4n) is 3.18. The summed E-state index contributed by atoms with van der Waals surface area (Å²) >= 11 is 0. The predicted molar refractivity (Wildman–Crippen MR) is 116 cm³/mol. The minimum atomic E-state index is -0.516. The van der Waals surface area contributed by atoms with Crippen LogP contribution in [0.2, 0.25) is 0 Å². The number of carbonyl (C=O) groups excluding carboxylic acids is 3. The van der Waals surface area contributed by atoms with Gasteiger partial charge in [-0.05, 0) is 48.4 Å². The van der Waals surface area contributed by atoms with Crippen molar-refractivity contribution in [3.63, 3.8) is 0 Å². The zero-order valence-corrected chi connectivity index (χ0v) is 16.6. The van der Waals surface area contributed by atoms with Crippen LogP contribution in [-0.2, 0) is 4.79 Å². The monoisotopic (exact) mass is 401 g/mol. The van der Waals surface area contributed by atoms with Crippen molar-refractivity contribution in [1.82, 2.24) is 5.32 Å². The second kappa shape index (κ2) is 9.52. The molecule has 1 unspecified atom stereocenters. The third-order valence-electron chi connectivity index (χ3n) is 4.71. The van der Waals surface area contributed by atoms with Gasteiger partial charge < -0.3 is 16.4 Å². The van der Waals surface area contributed by atoms with E-state index in [1.807, 2.05) is 36.4 Å². The highest BCUT2D eigenvalue weighted by Crippen LogP contribution is 2.20. The molecule has 0 saturated heterocycles. The maximum Gasteiger partial charge on any atom is 0.251 e. The molecule has 0 heterocycles. The smallest absolute Gasteiger partial charge is 0.251 e. The van der Waals surface area contributed by atoms with Gasteiger partial charge >= 0.3 is 0 Å². The highest BCUT2D eigenvalue weighted by molar-refractivity contribution is 5.97. The molecule has 3 rings (SSSR count). The number of carbonyl (C=O) groups is 3.